The zero-order valence-electron chi connectivity index (χ0n) is 35.8. The molecule has 0 heteroatoms. The molecule has 1 radical (unpaired) electrons. The van der Waals surface area contributed by atoms with Crippen LogP contribution in [-0.2, 0) is 0 Å². The molecule has 0 nitrogen and oxygen atoms in total. The third kappa shape index (κ3) is 9.49. The van der Waals surface area contributed by atoms with E-state index < -0.39 is 0 Å². The number of rotatable bonds is 13. The molecule has 1 aromatic carbocycles. The van der Waals surface area contributed by atoms with Gasteiger partial charge in [0.25, 0.3) is 0 Å². The van der Waals surface area contributed by atoms with Crippen LogP contribution in [0.2, 0.25) is 0 Å². The van der Waals surface area contributed by atoms with Crippen molar-refractivity contribution >= 4 is 0 Å². The van der Waals surface area contributed by atoms with Crippen LogP contribution in [0.15, 0.2) is 144 Å². The van der Waals surface area contributed by atoms with E-state index in [0.717, 1.165) is 41.4 Å². The highest BCUT2D eigenvalue weighted by molar-refractivity contribution is 5.64. The third-order valence-electron chi connectivity index (χ3n) is 14.8. The van der Waals surface area contributed by atoms with Gasteiger partial charge in [-0.25, -0.2) is 0 Å². The van der Waals surface area contributed by atoms with Gasteiger partial charge < -0.3 is 0 Å². The summed E-state index contributed by atoms with van der Waals surface area (Å²) in [5.74, 6) is 7.01. The van der Waals surface area contributed by atoms with Crippen LogP contribution in [0.4, 0.5) is 0 Å². The largest absolute Gasteiger partial charge is 0.0991 e. The Bertz CT molecular complexity index is 1700. The first-order valence-electron chi connectivity index (χ1n) is 23.4. The lowest BCUT2D eigenvalue weighted by Gasteiger charge is -2.52. The molecule has 3 saturated carbocycles. The van der Waals surface area contributed by atoms with E-state index in [1.165, 1.54) is 125 Å². The molecule has 0 bridgehead atoms. The van der Waals surface area contributed by atoms with E-state index in [1.54, 1.807) is 16.7 Å². The maximum absolute atomic E-state index is 4.32. The Morgan fingerprint density at radius 1 is 0.768 bits per heavy atom. The van der Waals surface area contributed by atoms with Crippen LogP contribution in [0.3, 0.4) is 0 Å². The molecule has 0 spiro atoms. The first kappa shape index (κ1) is 42.2. The van der Waals surface area contributed by atoms with E-state index in [9.17, 15) is 0 Å². The number of benzene rings is 1. The number of allylic oxidation sites excluding steroid dienone is 18. The summed E-state index contributed by atoms with van der Waals surface area (Å²) < 4.78 is 0. The molecule has 0 aliphatic heterocycles. The molecule has 7 unspecified atom stereocenters. The lowest BCUT2D eigenvalue weighted by molar-refractivity contribution is 0.0779. The van der Waals surface area contributed by atoms with Gasteiger partial charge in [0.05, 0.1) is 0 Å². The summed E-state index contributed by atoms with van der Waals surface area (Å²) in [6.07, 6.45) is 53.0. The van der Waals surface area contributed by atoms with E-state index in [1.807, 2.05) is 26.0 Å². The predicted octanol–water partition coefficient (Wildman–Crippen LogP) is 16.4. The fourth-order valence-corrected chi connectivity index (χ4v) is 12.5. The van der Waals surface area contributed by atoms with Gasteiger partial charge in [-0.15, -0.1) is 0 Å². The minimum absolute atomic E-state index is 0.590. The Morgan fingerprint density at radius 3 is 2.21 bits per heavy atom. The monoisotopic (exact) mass is 748 g/mol. The smallest absolute Gasteiger partial charge is 0.0134 e. The highest BCUT2D eigenvalue weighted by Gasteiger charge is 2.48. The number of hydrogen-bond acceptors (Lipinski definition) is 0. The van der Waals surface area contributed by atoms with Crippen molar-refractivity contribution in [1.29, 1.82) is 0 Å². The number of fused-ring (bicyclic) bond motifs is 4. The summed E-state index contributed by atoms with van der Waals surface area (Å²) in [5, 5.41) is 0. The first-order chi connectivity index (χ1) is 27.7. The van der Waals surface area contributed by atoms with Gasteiger partial charge in [-0.3, -0.25) is 0 Å². The molecule has 7 atom stereocenters. The Kier molecular flexibility index (Phi) is 16.1. The summed E-state index contributed by atoms with van der Waals surface area (Å²) >= 11 is 0. The summed E-state index contributed by atoms with van der Waals surface area (Å²) in [6, 6.07) is 9.86. The maximum Gasteiger partial charge on any atom is 0.0134 e. The van der Waals surface area contributed by atoms with Crippen LogP contribution in [0.1, 0.15) is 153 Å². The van der Waals surface area contributed by atoms with E-state index >= 15 is 0 Å². The molecular formula is C56H75. The van der Waals surface area contributed by atoms with Gasteiger partial charge >= 0.3 is 0 Å². The third-order valence-corrected chi connectivity index (χ3v) is 14.8. The fraction of sp³-hybridized carbons (Fsp3) is 0.518. The zero-order chi connectivity index (χ0) is 39.3. The van der Waals surface area contributed by atoms with Crippen molar-refractivity contribution in [3.63, 3.8) is 0 Å². The average Bonchev–Trinajstić information content (AvgIpc) is 3.26. The fourth-order valence-electron chi connectivity index (χ4n) is 12.5. The van der Waals surface area contributed by atoms with Crippen molar-refractivity contribution in [3.05, 3.63) is 162 Å². The van der Waals surface area contributed by atoms with Gasteiger partial charge in [-0.1, -0.05) is 189 Å². The van der Waals surface area contributed by atoms with Crippen molar-refractivity contribution in [2.75, 3.05) is 0 Å². The van der Waals surface area contributed by atoms with Crippen LogP contribution in [-0.4, -0.2) is 0 Å². The molecule has 56 heavy (non-hydrogen) atoms. The highest BCUT2D eigenvalue weighted by Crippen LogP contribution is 2.59. The summed E-state index contributed by atoms with van der Waals surface area (Å²) in [7, 11) is 0. The normalized spacial score (nSPS) is 31.6. The Labute approximate surface area is 344 Å². The second-order valence-electron chi connectivity index (χ2n) is 17.7. The van der Waals surface area contributed by atoms with Gasteiger partial charge in [0.1, 0.15) is 0 Å². The van der Waals surface area contributed by atoms with E-state index in [4.69, 9.17) is 0 Å². The van der Waals surface area contributed by atoms with Crippen molar-refractivity contribution < 1.29 is 0 Å². The number of hydrogen-bond donors (Lipinski definition) is 0. The molecule has 1 aromatic rings. The first-order valence-corrected chi connectivity index (χ1v) is 23.4. The summed E-state index contributed by atoms with van der Waals surface area (Å²) in [5.41, 5.74) is 10.8. The molecule has 299 valence electrons. The molecule has 7 rings (SSSR count). The molecule has 0 saturated heterocycles. The van der Waals surface area contributed by atoms with Gasteiger partial charge in [0.2, 0.25) is 0 Å². The minimum atomic E-state index is 0.590. The minimum Gasteiger partial charge on any atom is -0.0991 e. The van der Waals surface area contributed by atoms with Crippen molar-refractivity contribution in [1.82, 2.24) is 0 Å². The Hall–Kier alpha value is -3.38. The lowest BCUT2D eigenvalue weighted by Crippen LogP contribution is -2.41. The van der Waals surface area contributed by atoms with Gasteiger partial charge in [-0.2, -0.15) is 0 Å². The van der Waals surface area contributed by atoms with Crippen LogP contribution < -0.4 is 0 Å². The van der Waals surface area contributed by atoms with Crippen molar-refractivity contribution in [2.45, 2.75) is 142 Å². The second kappa shape index (κ2) is 21.4. The van der Waals surface area contributed by atoms with Gasteiger partial charge in [0, 0.05) is 6.42 Å². The van der Waals surface area contributed by atoms with Crippen LogP contribution >= 0.6 is 0 Å². The highest BCUT2D eigenvalue weighted by atomic mass is 14.5. The van der Waals surface area contributed by atoms with Crippen LogP contribution in [0.5, 0.6) is 0 Å². The standard InChI is InChI=1S/C54H69.C2H6/c1-5-9-10-11-12-24-43-44-25-13-15-27-46(44)48(47-28-16-14-26-45(43)47)33-21-23-39(7-3)38-40-34-36-42(37-35-40)54-51-31-19-17-29-49(51)53(41(8-4)22-6-2)50-30-18-20-32-52(50)54;1-2/h5,7,9-13,15,17,19,21,23-25,27,29,31,33,40-42,45,47,50,52-54H,1,3,6,8,14,16,18,20,22,26,28,30,32,34-38H2,2,4H3;1-2H3/b10-9?,12-11-,33-21+,39-23+,43-24-;. The van der Waals surface area contributed by atoms with Crippen LogP contribution in [0, 0.1) is 47.8 Å². The van der Waals surface area contributed by atoms with E-state index in [2.05, 4.69) is 125 Å². The summed E-state index contributed by atoms with van der Waals surface area (Å²) in [4.78, 5) is 0. The predicted molar refractivity (Wildman–Crippen MR) is 245 cm³/mol. The molecule has 0 N–H and O–H groups in total. The maximum atomic E-state index is 4.32. The van der Waals surface area contributed by atoms with Crippen LogP contribution in [0.25, 0.3) is 0 Å². The average molecular weight is 748 g/mol. The Balaban J connectivity index is 0.00000262. The SMILES string of the molecule is C=CC=C/C=C\C=C1\C2=CC=C[CH]C2=C(/C=C/C=C(\C=C)CC2CCC(C3c4ccccc4C(C(CC)CCC)C4CCCCC43)CC2)C2CCCCC12.CC. The second-order valence-corrected chi connectivity index (χ2v) is 17.7. The van der Waals surface area contributed by atoms with E-state index in [0.29, 0.717) is 11.8 Å². The molecule has 6 aliphatic rings. The molecular weight excluding hydrogens is 673 g/mol. The van der Waals surface area contributed by atoms with Crippen molar-refractivity contribution in [2.24, 2.45) is 41.4 Å². The topological polar surface area (TPSA) is 0 Å². The Morgan fingerprint density at radius 2 is 1.48 bits per heavy atom. The molecule has 0 amide bonds. The van der Waals surface area contributed by atoms with Crippen molar-refractivity contribution in [3.8, 4) is 0 Å². The van der Waals surface area contributed by atoms with Gasteiger partial charge in [0.15, 0.2) is 0 Å². The lowest BCUT2D eigenvalue weighted by atomic mass is 9.52. The molecule has 0 aromatic heterocycles. The van der Waals surface area contributed by atoms with E-state index in [-0.39, 0.29) is 0 Å². The molecule has 6 aliphatic carbocycles. The van der Waals surface area contributed by atoms with Gasteiger partial charge in [-0.05, 0) is 150 Å². The molecule has 3 fully saturated rings. The summed E-state index contributed by atoms with van der Waals surface area (Å²) in [6.45, 7) is 17.0. The zero-order valence-corrected chi connectivity index (χ0v) is 35.8. The quantitative estimate of drug-likeness (QED) is 0.176. The molecule has 0 heterocycles.